The van der Waals surface area contributed by atoms with E-state index in [-0.39, 0.29) is 0 Å². The monoisotopic (exact) mass is 320 g/mol. The van der Waals surface area contributed by atoms with Gasteiger partial charge in [-0.05, 0) is 42.0 Å². The number of guanidine groups is 1. The van der Waals surface area contributed by atoms with Crippen molar-refractivity contribution in [3.05, 3.63) is 65.2 Å². The molecule has 3 N–H and O–H groups in total. The van der Waals surface area contributed by atoms with Gasteiger partial charge in [0.2, 0.25) is 0 Å². The molecule has 24 heavy (non-hydrogen) atoms. The van der Waals surface area contributed by atoms with Gasteiger partial charge in [-0.3, -0.25) is 0 Å². The van der Waals surface area contributed by atoms with E-state index in [4.69, 9.17) is 5.73 Å². The second-order valence-electron chi connectivity index (χ2n) is 6.74. The van der Waals surface area contributed by atoms with Crippen LogP contribution in [0.15, 0.2) is 53.5 Å². The number of para-hydroxylation sites is 1. The molecule has 2 aromatic carbocycles. The number of fused-ring (bicyclic) bond motifs is 1. The van der Waals surface area contributed by atoms with E-state index >= 15 is 0 Å². The molecule has 1 aliphatic heterocycles. The Bertz CT molecular complexity index is 732. The molecule has 1 aliphatic carbocycles. The Morgan fingerprint density at radius 2 is 1.83 bits per heavy atom. The van der Waals surface area contributed by atoms with Crippen molar-refractivity contribution in [2.75, 3.05) is 11.4 Å². The lowest BCUT2D eigenvalue weighted by Crippen LogP contribution is -2.33. The van der Waals surface area contributed by atoms with Crippen LogP contribution in [0.1, 0.15) is 29.5 Å². The van der Waals surface area contributed by atoms with Gasteiger partial charge < -0.3 is 16.0 Å². The summed E-state index contributed by atoms with van der Waals surface area (Å²) in [6.07, 6.45) is 3.57. The molecule has 0 radical (unpaired) electrons. The zero-order chi connectivity index (χ0) is 16.4. The fourth-order valence-electron chi connectivity index (χ4n) is 3.20. The Kier molecular flexibility index (Phi) is 4.11. The fourth-order valence-corrected chi connectivity index (χ4v) is 3.20. The van der Waals surface area contributed by atoms with Gasteiger partial charge in [-0.1, -0.05) is 42.5 Å². The predicted octanol–water partition coefficient (Wildman–Crippen LogP) is 2.82. The summed E-state index contributed by atoms with van der Waals surface area (Å²) in [4.78, 5) is 6.87. The number of nitrogens with two attached hydrogens (primary N) is 1. The van der Waals surface area contributed by atoms with Gasteiger partial charge in [0, 0.05) is 24.8 Å². The van der Waals surface area contributed by atoms with Crippen LogP contribution in [0.4, 0.5) is 5.69 Å². The molecule has 0 aromatic heterocycles. The van der Waals surface area contributed by atoms with Crippen LogP contribution in [0.5, 0.6) is 0 Å². The van der Waals surface area contributed by atoms with Crippen molar-refractivity contribution in [1.82, 2.24) is 5.32 Å². The van der Waals surface area contributed by atoms with Gasteiger partial charge >= 0.3 is 0 Å². The van der Waals surface area contributed by atoms with Crippen LogP contribution in [0.2, 0.25) is 0 Å². The maximum absolute atomic E-state index is 5.88. The third-order valence-electron chi connectivity index (χ3n) is 4.74. The van der Waals surface area contributed by atoms with Crippen LogP contribution in [0.25, 0.3) is 0 Å². The molecule has 4 heteroatoms. The zero-order valence-corrected chi connectivity index (χ0v) is 13.9. The smallest absolute Gasteiger partial charge is 0.189 e. The number of anilines is 1. The first-order valence-electron chi connectivity index (χ1n) is 8.75. The van der Waals surface area contributed by atoms with Gasteiger partial charge in [0.1, 0.15) is 0 Å². The first kappa shape index (κ1) is 15.1. The highest BCUT2D eigenvalue weighted by atomic mass is 15.1. The number of hydrogen-bond acceptors (Lipinski definition) is 2. The Morgan fingerprint density at radius 1 is 1.08 bits per heavy atom. The molecule has 124 valence electrons. The van der Waals surface area contributed by atoms with Gasteiger partial charge in [0.25, 0.3) is 0 Å². The number of rotatable bonds is 5. The molecule has 0 amide bonds. The number of aliphatic imine (C=N–C) groups is 1. The van der Waals surface area contributed by atoms with Crippen molar-refractivity contribution in [2.45, 2.75) is 38.4 Å². The molecule has 0 bridgehead atoms. The van der Waals surface area contributed by atoms with Crippen LogP contribution in [-0.4, -0.2) is 18.5 Å². The molecule has 0 unspecified atom stereocenters. The Morgan fingerprint density at radius 3 is 2.62 bits per heavy atom. The minimum atomic E-state index is 0.555. The third-order valence-corrected chi connectivity index (χ3v) is 4.74. The highest BCUT2D eigenvalue weighted by Gasteiger charge is 2.21. The molecule has 4 rings (SSSR count). The van der Waals surface area contributed by atoms with Crippen molar-refractivity contribution >= 4 is 11.6 Å². The first-order chi connectivity index (χ1) is 11.8. The van der Waals surface area contributed by atoms with Crippen molar-refractivity contribution in [3.63, 3.8) is 0 Å². The van der Waals surface area contributed by atoms with E-state index in [0.29, 0.717) is 18.5 Å². The van der Waals surface area contributed by atoms with Gasteiger partial charge in [0.15, 0.2) is 5.96 Å². The highest BCUT2D eigenvalue weighted by molar-refractivity contribution is 5.78. The summed E-state index contributed by atoms with van der Waals surface area (Å²) in [7, 11) is 0. The number of benzene rings is 2. The lowest BCUT2D eigenvalue weighted by molar-refractivity contribution is 0.835. The molecule has 1 fully saturated rings. The normalized spacial score (nSPS) is 17.0. The van der Waals surface area contributed by atoms with Gasteiger partial charge in [-0.2, -0.15) is 0 Å². The minimum absolute atomic E-state index is 0.555. The number of hydrogen-bond donors (Lipinski definition) is 2. The topological polar surface area (TPSA) is 53.6 Å². The summed E-state index contributed by atoms with van der Waals surface area (Å²) in [6.45, 7) is 2.71. The second-order valence-corrected chi connectivity index (χ2v) is 6.74. The molecule has 4 nitrogen and oxygen atoms in total. The van der Waals surface area contributed by atoms with E-state index in [1.165, 1.54) is 35.2 Å². The van der Waals surface area contributed by atoms with Crippen molar-refractivity contribution in [3.8, 4) is 0 Å². The van der Waals surface area contributed by atoms with Crippen molar-refractivity contribution < 1.29 is 0 Å². The molecular formula is C20H24N4. The Hall–Kier alpha value is -2.49. The quantitative estimate of drug-likeness (QED) is 0.658. The molecule has 0 spiro atoms. The maximum atomic E-state index is 5.88. The molecule has 1 heterocycles. The Labute approximate surface area is 143 Å². The summed E-state index contributed by atoms with van der Waals surface area (Å²) in [5, 5.41) is 3.21. The van der Waals surface area contributed by atoms with Gasteiger partial charge in [-0.15, -0.1) is 0 Å². The third kappa shape index (κ3) is 3.53. The SMILES string of the molecule is NC(=NCc1ccc(CN2CCc3ccccc32)cc1)NC1CC1. The second kappa shape index (κ2) is 6.56. The highest BCUT2D eigenvalue weighted by Crippen LogP contribution is 2.28. The summed E-state index contributed by atoms with van der Waals surface area (Å²) in [5.41, 5.74) is 11.3. The zero-order valence-electron chi connectivity index (χ0n) is 13.9. The van der Waals surface area contributed by atoms with E-state index in [1.807, 2.05) is 0 Å². The summed E-state index contributed by atoms with van der Waals surface area (Å²) in [6, 6.07) is 18.0. The molecule has 2 aromatic rings. The van der Waals surface area contributed by atoms with E-state index in [2.05, 4.69) is 63.7 Å². The van der Waals surface area contributed by atoms with Crippen LogP contribution in [0.3, 0.4) is 0 Å². The van der Waals surface area contributed by atoms with E-state index in [1.54, 1.807) is 0 Å². The first-order valence-corrected chi connectivity index (χ1v) is 8.75. The molecule has 0 atom stereocenters. The molecule has 2 aliphatic rings. The standard InChI is InChI=1S/C20H24N4/c21-20(23-18-9-10-18)22-13-15-5-7-16(8-6-15)14-24-12-11-17-3-1-2-4-19(17)24/h1-8,18H,9-14H2,(H3,21,22,23). The maximum Gasteiger partial charge on any atom is 0.189 e. The minimum Gasteiger partial charge on any atom is -0.370 e. The average molecular weight is 320 g/mol. The van der Waals surface area contributed by atoms with Crippen LogP contribution in [0, 0.1) is 0 Å². The van der Waals surface area contributed by atoms with Crippen LogP contribution >= 0.6 is 0 Å². The van der Waals surface area contributed by atoms with Crippen molar-refractivity contribution in [1.29, 1.82) is 0 Å². The number of nitrogens with one attached hydrogen (secondary N) is 1. The molecular weight excluding hydrogens is 296 g/mol. The Balaban J connectivity index is 1.36. The lowest BCUT2D eigenvalue weighted by Gasteiger charge is -2.19. The van der Waals surface area contributed by atoms with Gasteiger partial charge in [-0.25, -0.2) is 4.99 Å². The van der Waals surface area contributed by atoms with Crippen molar-refractivity contribution in [2.24, 2.45) is 10.7 Å². The van der Waals surface area contributed by atoms with Crippen LogP contribution in [-0.2, 0) is 19.5 Å². The largest absolute Gasteiger partial charge is 0.370 e. The van der Waals surface area contributed by atoms with Gasteiger partial charge in [0.05, 0.1) is 6.54 Å². The lowest BCUT2D eigenvalue weighted by atomic mass is 10.1. The molecule has 1 saturated carbocycles. The van der Waals surface area contributed by atoms with E-state index < -0.39 is 0 Å². The summed E-state index contributed by atoms with van der Waals surface area (Å²) in [5.74, 6) is 0.565. The van der Waals surface area contributed by atoms with Crippen LogP contribution < -0.4 is 16.0 Å². The molecule has 0 saturated heterocycles. The summed E-state index contributed by atoms with van der Waals surface area (Å²) >= 11 is 0. The fraction of sp³-hybridized carbons (Fsp3) is 0.350. The van der Waals surface area contributed by atoms with E-state index in [0.717, 1.165) is 19.5 Å². The van der Waals surface area contributed by atoms with E-state index in [9.17, 15) is 0 Å². The average Bonchev–Trinajstić information content (AvgIpc) is 3.33. The summed E-state index contributed by atoms with van der Waals surface area (Å²) < 4.78 is 0. The predicted molar refractivity (Wildman–Crippen MR) is 99.1 cm³/mol. The number of nitrogens with zero attached hydrogens (tertiary/aromatic N) is 2.